The molecule has 0 aliphatic heterocycles. The molecule has 3 aromatic rings. The Bertz CT molecular complexity index is 1090. The number of halogens is 4. The molecule has 0 spiro atoms. The van der Waals surface area contributed by atoms with Crippen molar-refractivity contribution >= 4 is 17.4 Å². The highest BCUT2D eigenvalue weighted by atomic mass is 35.5. The van der Waals surface area contributed by atoms with E-state index in [1.54, 1.807) is 12.1 Å². The highest BCUT2D eigenvalue weighted by Crippen LogP contribution is 2.43. The molecule has 0 atom stereocenters. The van der Waals surface area contributed by atoms with Crippen LogP contribution in [-0.2, 0) is 6.61 Å². The van der Waals surface area contributed by atoms with Gasteiger partial charge in [-0.1, -0.05) is 47.5 Å². The van der Waals surface area contributed by atoms with E-state index in [1.807, 2.05) is 49.4 Å². The minimum Gasteiger partial charge on any atom is -0.488 e. The first-order chi connectivity index (χ1) is 15.7. The molecule has 174 valence electrons. The van der Waals surface area contributed by atoms with E-state index < -0.39 is 12.1 Å². The number of nitrogens with zero attached hydrogens (tertiary/aromatic N) is 1. The molecule has 1 heterocycles. The summed E-state index contributed by atoms with van der Waals surface area (Å²) >= 11 is 6.16. The summed E-state index contributed by atoms with van der Waals surface area (Å²) in [6.45, 7) is 2.34. The zero-order chi connectivity index (χ0) is 23.6. The lowest BCUT2D eigenvalue weighted by Gasteiger charge is -2.30. The van der Waals surface area contributed by atoms with Gasteiger partial charge in [0, 0.05) is 10.6 Å². The maximum atomic E-state index is 12.9. The van der Waals surface area contributed by atoms with Crippen LogP contribution in [0.15, 0.2) is 54.6 Å². The molecule has 3 nitrogen and oxygen atoms in total. The summed E-state index contributed by atoms with van der Waals surface area (Å²) in [6.07, 6.45) is -2.52. The van der Waals surface area contributed by atoms with Crippen LogP contribution in [0, 0.1) is 12.8 Å². The van der Waals surface area contributed by atoms with Crippen molar-refractivity contribution in [2.24, 2.45) is 5.92 Å². The number of aromatic nitrogens is 1. The Hall–Kier alpha value is -2.73. The number of hydrogen-bond acceptors (Lipinski definition) is 3. The Balaban J connectivity index is 1.43. The van der Waals surface area contributed by atoms with Gasteiger partial charge in [-0.2, -0.15) is 13.2 Å². The Labute approximate surface area is 196 Å². The van der Waals surface area contributed by atoms with Crippen molar-refractivity contribution in [1.82, 2.24) is 4.98 Å². The zero-order valence-electron chi connectivity index (χ0n) is 18.3. The molecule has 1 fully saturated rings. The zero-order valence-corrected chi connectivity index (χ0v) is 19.1. The van der Waals surface area contributed by atoms with Gasteiger partial charge >= 0.3 is 6.18 Å². The molecule has 1 saturated carbocycles. The maximum absolute atomic E-state index is 12.9. The predicted molar refractivity (Wildman–Crippen MR) is 125 cm³/mol. The molecule has 7 heteroatoms. The third-order valence-electron chi connectivity index (χ3n) is 6.26. The van der Waals surface area contributed by atoms with Crippen LogP contribution in [0.5, 0.6) is 5.75 Å². The first-order valence-electron chi connectivity index (χ1n) is 11.0. The first kappa shape index (κ1) is 23.4. The summed E-state index contributed by atoms with van der Waals surface area (Å²) in [7, 11) is 0. The van der Waals surface area contributed by atoms with Crippen LogP contribution in [0.1, 0.15) is 48.3 Å². The second kappa shape index (κ2) is 9.64. The van der Waals surface area contributed by atoms with Crippen LogP contribution in [0.2, 0.25) is 5.02 Å². The molecule has 33 heavy (non-hydrogen) atoms. The van der Waals surface area contributed by atoms with E-state index in [9.17, 15) is 13.2 Å². The van der Waals surface area contributed by atoms with Gasteiger partial charge in [-0.3, -0.25) is 0 Å². The van der Waals surface area contributed by atoms with Gasteiger partial charge in [-0.15, -0.1) is 0 Å². The van der Waals surface area contributed by atoms with Gasteiger partial charge in [-0.05, 0) is 73.9 Å². The Kier molecular flexibility index (Phi) is 6.84. The van der Waals surface area contributed by atoms with Crippen molar-refractivity contribution in [2.75, 3.05) is 5.73 Å². The largest absolute Gasteiger partial charge is 0.488 e. The third-order valence-corrected chi connectivity index (χ3v) is 6.47. The topological polar surface area (TPSA) is 48.1 Å². The maximum Gasteiger partial charge on any atom is 0.391 e. The number of pyridine rings is 1. The highest BCUT2D eigenvalue weighted by molar-refractivity contribution is 6.31. The number of benzene rings is 2. The fourth-order valence-electron chi connectivity index (χ4n) is 4.43. The number of nitrogen functional groups attached to an aromatic ring is 1. The van der Waals surface area contributed by atoms with E-state index >= 15 is 0 Å². The lowest BCUT2D eigenvalue weighted by Crippen LogP contribution is -2.27. The number of alkyl halides is 3. The fourth-order valence-corrected chi connectivity index (χ4v) is 4.64. The van der Waals surface area contributed by atoms with Crippen LogP contribution in [0.4, 0.5) is 19.0 Å². The van der Waals surface area contributed by atoms with Gasteiger partial charge in [0.1, 0.15) is 18.2 Å². The molecule has 1 aliphatic carbocycles. The summed E-state index contributed by atoms with van der Waals surface area (Å²) < 4.78 is 44.8. The minimum atomic E-state index is -4.08. The van der Waals surface area contributed by atoms with Crippen molar-refractivity contribution in [3.8, 4) is 17.0 Å². The van der Waals surface area contributed by atoms with Crippen LogP contribution >= 0.6 is 11.6 Å². The van der Waals surface area contributed by atoms with Gasteiger partial charge in [0.2, 0.25) is 0 Å². The lowest BCUT2D eigenvalue weighted by atomic mass is 9.78. The van der Waals surface area contributed by atoms with Crippen molar-refractivity contribution in [1.29, 1.82) is 0 Å². The standard InChI is InChI=1S/C26H26ClF3N2O/c1-16-2-11-24(22(12-16)23-13-21(27)14-25(31)32-23)33-15-17-3-5-18(6-4-17)19-7-9-20(10-8-19)26(28,29)30/h2-6,11-14,19-20H,7-10,15H2,1H3,(H2,31,32). The minimum absolute atomic E-state index is 0.182. The lowest BCUT2D eigenvalue weighted by molar-refractivity contribution is -0.182. The van der Waals surface area contributed by atoms with Gasteiger partial charge in [0.25, 0.3) is 0 Å². The van der Waals surface area contributed by atoms with Crippen LogP contribution in [-0.4, -0.2) is 11.2 Å². The van der Waals surface area contributed by atoms with E-state index in [2.05, 4.69) is 4.98 Å². The van der Waals surface area contributed by atoms with E-state index in [0.29, 0.717) is 41.7 Å². The van der Waals surface area contributed by atoms with Gasteiger partial charge in [0.15, 0.2) is 0 Å². The number of rotatable bonds is 5. The molecule has 1 aliphatic rings. The molecular formula is C26H26ClF3N2O. The SMILES string of the molecule is Cc1ccc(OCc2ccc(C3CCC(C(F)(F)F)CC3)cc2)c(-c2cc(Cl)cc(N)n2)c1. The summed E-state index contributed by atoms with van der Waals surface area (Å²) in [4.78, 5) is 4.39. The average molecular weight is 475 g/mol. The molecule has 2 N–H and O–H groups in total. The smallest absolute Gasteiger partial charge is 0.391 e. The molecule has 0 amide bonds. The third kappa shape index (κ3) is 5.80. The number of hydrogen-bond donors (Lipinski definition) is 1. The molecule has 4 rings (SSSR count). The van der Waals surface area contributed by atoms with E-state index in [0.717, 1.165) is 22.3 Å². The molecule has 1 aromatic heterocycles. The fraction of sp³-hybridized carbons (Fsp3) is 0.346. The number of anilines is 1. The van der Waals surface area contributed by atoms with E-state index in [-0.39, 0.29) is 18.8 Å². The van der Waals surface area contributed by atoms with Crippen LogP contribution in [0.25, 0.3) is 11.3 Å². The summed E-state index contributed by atoms with van der Waals surface area (Å²) in [5, 5.41) is 0.504. The van der Waals surface area contributed by atoms with E-state index in [4.69, 9.17) is 22.1 Å². The van der Waals surface area contributed by atoms with Crippen LogP contribution < -0.4 is 10.5 Å². The molecule has 0 radical (unpaired) electrons. The van der Waals surface area contributed by atoms with Crippen molar-refractivity contribution in [3.63, 3.8) is 0 Å². The van der Waals surface area contributed by atoms with Gasteiger partial charge < -0.3 is 10.5 Å². The van der Waals surface area contributed by atoms with Crippen molar-refractivity contribution < 1.29 is 17.9 Å². The first-order valence-corrected chi connectivity index (χ1v) is 11.4. The second-order valence-electron chi connectivity index (χ2n) is 8.72. The molecule has 0 unspecified atom stereocenters. The van der Waals surface area contributed by atoms with Crippen molar-refractivity contribution in [3.05, 3.63) is 76.3 Å². The van der Waals surface area contributed by atoms with Gasteiger partial charge in [-0.25, -0.2) is 4.98 Å². The van der Waals surface area contributed by atoms with E-state index in [1.165, 1.54) is 0 Å². The Morgan fingerprint density at radius 3 is 2.33 bits per heavy atom. The summed E-state index contributed by atoms with van der Waals surface area (Å²) in [5.41, 5.74) is 10.4. The van der Waals surface area contributed by atoms with Gasteiger partial charge in [0.05, 0.1) is 11.6 Å². The molecule has 0 saturated heterocycles. The second-order valence-corrected chi connectivity index (χ2v) is 9.15. The summed E-state index contributed by atoms with van der Waals surface area (Å²) in [5.74, 6) is 0.0326. The van der Waals surface area contributed by atoms with Crippen molar-refractivity contribution in [2.45, 2.75) is 51.3 Å². The average Bonchev–Trinajstić information content (AvgIpc) is 2.77. The number of nitrogens with two attached hydrogens (primary N) is 1. The predicted octanol–water partition coefficient (Wildman–Crippen LogP) is 7.71. The quantitative estimate of drug-likeness (QED) is 0.412. The highest BCUT2D eigenvalue weighted by Gasteiger charge is 2.41. The monoisotopic (exact) mass is 474 g/mol. The molecular weight excluding hydrogens is 449 g/mol. The Morgan fingerprint density at radius 2 is 1.70 bits per heavy atom. The summed E-state index contributed by atoms with van der Waals surface area (Å²) in [6, 6.07) is 17.2. The normalized spacial score (nSPS) is 18.8. The number of aryl methyl sites for hydroxylation is 1. The number of ether oxygens (including phenoxy) is 1. The Morgan fingerprint density at radius 1 is 1.00 bits per heavy atom. The van der Waals surface area contributed by atoms with Crippen LogP contribution in [0.3, 0.4) is 0 Å². The molecule has 2 aromatic carbocycles. The molecule has 0 bridgehead atoms.